The third-order valence-corrected chi connectivity index (χ3v) is 7.35. The van der Waals surface area contributed by atoms with Gasteiger partial charge in [-0.1, -0.05) is 91.0 Å². The average Bonchev–Trinajstić information content (AvgIpc) is 3.02. The highest BCUT2D eigenvalue weighted by Gasteiger charge is 2.34. The summed E-state index contributed by atoms with van der Waals surface area (Å²) in [7, 11) is 0. The third kappa shape index (κ3) is 11.6. The van der Waals surface area contributed by atoms with Crippen LogP contribution in [0.5, 0.6) is 0 Å². The summed E-state index contributed by atoms with van der Waals surface area (Å²) >= 11 is 0. The molecule has 4 atom stereocenters. The standard InChI is InChI=1S/C35H44N4O7/c1-24(27-18-12-7-13-19-27)36-33(44)39(35(2,3)4)22-30(40)28(20-25-14-8-5-9-15-25)37-32(43)29(21-31(41)42)38-34(45)46-23-26-16-10-6-11-17-26/h5-19,24,28-30,40H,20-23H2,1-4H3,(H,36,44)(H,37,43)(H,38,45)(H,41,42)/t24-,28-,29-,30+/m0/s1. The number of carboxylic acids is 1. The van der Waals surface area contributed by atoms with Crippen molar-refractivity contribution in [3.05, 3.63) is 108 Å². The van der Waals surface area contributed by atoms with E-state index in [1.807, 2.05) is 94.4 Å². The molecule has 3 aromatic carbocycles. The minimum Gasteiger partial charge on any atom is -0.481 e. The lowest BCUT2D eigenvalue weighted by Crippen LogP contribution is -2.59. The Morgan fingerprint density at radius 2 is 1.35 bits per heavy atom. The lowest BCUT2D eigenvalue weighted by atomic mass is 9.98. The monoisotopic (exact) mass is 632 g/mol. The predicted octanol–water partition coefficient (Wildman–Crippen LogP) is 4.42. The maximum absolute atomic E-state index is 13.5. The number of aliphatic hydroxyl groups excluding tert-OH is 1. The minimum atomic E-state index is -1.49. The first-order chi connectivity index (χ1) is 21.8. The molecular weight excluding hydrogens is 588 g/mol. The molecule has 0 spiro atoms. The number of carbonyl (C=O) groups excluding carboxylic acids is 3. The number of carbonyl (C=O) groups is 4. The van der Waals surface area contributed by atoms with Crippen LogP contribution in [0.4, 0.5) is 9.59 Å². The largest absolute Gasteiger partial charge is 0.481 e. The maximum atomic E-state index is 13.5. The summed E-state index contributed by atoms with van der Waals surface area (Å²) in [4.78, 5) is 52.6. The van der Waals surface area contributed by atoms with Crippen molar-refractivity contribution >= 4 is 24.0 Å². The predicted molar refractivity (Wildman–Crippen MR) is 174 cm³/mol. The molecule has 0 aliphatic rings. The summed E-state index contributed by atoms with van der Waals surface area (Å²) in [6.45, 7) is 7.16. The van der Waals surface area contributed by atoms with Gasteiger partial charge in [0.05, 0.1) is 31.2 Å². The van der Waals surface area contributed by atoms with Crippen LogP contribution in [0.25, 0.3) is 0 Å². The van der Waals surface area contributed by atoms with Crippen LogP contribution < -0.4 is 16.0 Å². The lowest BCUT2D eigenvalue weighted by molar-refractivity contribution is -0.140. The lowest BCUT2D eigenvalue weighted by Gasteiger charge is -2.39. The quantitative estimate of drug-likeness (QED) is 0.176. The van der Waals surface area contributed by atoms with Crippen LogP contribution in [0.2, 0.25) is 0 Å². The number of ether oxygens (including phenoxy) is 1. The molecule has 0 saturated heterocycles. The number of benzene rings is 3. The third-order valence-electron chi connectivity index (χ3n) is 7.35. The number of alkyl carbamates (subject to hydrolysis) is 1. The van der Waals surface area contributed by atoms with Crippen LogP contribution in [0, 0.1) is 0 Å². The molecule has 0 bridgehead atoms. The number of rotatable bonds is 14. The van der Waals surface area contributed by atoms with Crippen molar-refractivity contribution in [2.24, 2.45) is 0 Å². The van der Waals surface area contributed by atoms with Gasteiger partial charge in [-0.3, -0.25) is 9.59 Å². The Balaban J connectivity index is 1.77. The van der Waals surface area contributed by atoms with Crippen molar-refractivity contribution in [3.63, 3.8) is 0 Å². The zero-order chi connectivity index (χ0) is 33.7. The molecule has 46 heavy (non-hydrogen) atoms. The highest BCUT2D eigenvalue weighted by Crippen LogP contribution is 2.19. The zero-order valence-electron chi connectivity index (χ0n) is 26.7. The minimum absolute atomic E-state index is 0.0724. The maximum Gasteiger partial charge on any atom is 0.408 e. The number of β-amino-alcohol motifs (C(OH)–C–C–N with tert-alkyl or cyclic N) is 1. The molecule has 5 N–H and O–H groups in total. The number of nitrogens with zero attached hydrogens (tertiary/aromatic N) is 1. The molecule has 0 fully saturated rings. The van der Waals surface area contributed by atoms with Crippen molar-refractivity contribution in [1.29, 1.82) is 0 Å². The Kier molecular flexibility index (Phi) is 13.1. The van der Waals surface area contributed by atoms with Crippen LogP contribution in [0.1, 0.15) is 56.8 Å². The molecule has 11 nitrogen and oxygen atoms in total. The van der Waals surface area contributed by atoms with E-state index in [4.69, 9.17) is 4.74 Å². The van der Waals surface area contributed by atoms with Gasteiger partial charge in [0.1, 0.15) is 12.6 Å². The smallest absolute Gasteiger partial charge is 0.408 e. The van der Waals surface area contributed by atoms with E-state index in [-0.39, 0.29) is 25.6 Å². The van der Waals surface area contributed by atoms with Crippen LogP contribution in [-0.2, 0) is 27.4 Å². The second-order valence-corrected chi connectivity index (χ2v) is 12.1. The van der Waals surface area contributed by atoms with E-state index < -0.39 is 54.1 Å². The van der Waals surface area contributed by atoms with E-state index >= 15 is 0 Å². The van der Waals surface area contributed by atoms with Crippen molar-refractivity contribution < 1.29 is 34.1 Å². The Morgan fingerprint density at radius 3 is 1.89 bits per heavy atom. The van der Waals surface area contributed by atoms with Gasteiger partial charge in [-0.05, 0) is 50.8 Å². The summed E-state index contributed by atoms with van der Waals surface area (Å²) in [5, 5.41) is 29.1. The number of urea groups is 1. The molecule has 4 amide bonds. The zero-order valence-corrected chi connectivity index (χ0v) is 26.7. The van der Waals surface area contributed by atoms with Crippen LogP contribution in [0.3, 0.4) is 0 Å². The second kappa shape index (κ2) is 17.0. The fourth-order valence-electron chi connectivity index (χ4n) is 4.79. The van der Waals surface area contributed by atoms with E-state index in [0.717, 1.165) is 11.1 Å². The van der Waals surface area contributed by atoms with Crippen molar-refractivity contribution in [2.75, 3.05) is 6.54 Å². The first kappa shape index (κ1) is 35.6. The van der Waals surface area contributed by atoms with Gasteiger partial charge in [0.25, 0.3) is 0 Å². The van der Waals surface area contributed by atoms with E-state index in [0.29, 0.717) is 5.56 Å². The summed E-state index contributed by atoms with van der Waals surface area (Å²) in [6.07, 6.45) is -2.77. The van der Waals surface area contributed by atoms with Gasteiger partial charge in [0, 0.05) is 5.54 Å². The Morgan fingerprint density at radius 1 is 0.804 bits per heavy atom. The first-order valence-electron chi connectivity index (χ1n) is 15.2. The topological polar surface area (TPSA) is 157 Å². The van der Waals surface area contributed by atoms with Crippen molar-refractivity contribution in [3.8, 4) is 0 Å². The molecular formula is C35H44N4O7. The fraction of sp³-hybridized carbons (Fsp3) is 0.371. The van der Waals surface area contributed by atoms with Crippen molar-refractivity contribution in [2.45, 2.75) is 76.9 Å². The van der Waals surface area contributed by atoms with Crippen molar-refractivity contribution in [1.82, 2.24) is 20.9 Å². The molecule has 3 aromatic rings. The van der Waals surface area contributed by atoms with E-state index in [1.165, 1.54) is 4.90 Å². The Labute approximate surface area is 270 Å². The van der Waals surface area contributed by atoms with E-state index in [2.05, 4.69) is 16.0 Å². The molecule has 0 unspecified atom stereocenters. The van der Waals surface area contributed by atoms with E-state index in [9.17, 15) is 29.4 Å². The average molecular weight is 633 g/mol. The first-order valence-corrected chi connectivity index (χ1v) is 15.2. The summed E-state index contributed by atoms with van der Waals surface area (Å²) in [5.74, 6) is -2.13. The SMILES string of the molecule is C[C@H](NC(=O)N(C[C@@H](O)[C@H](Cc1ccccc1)NC(=O)[C@H](CC(=O)O)NC(=O)OCc1ccccc1)C(C)(C)C)c1ccccc1. The molecule has 0 radical (unpaired) electrons. The van der Waals surface area contributed by atoms with Gasteiger partial charge < -0.3 is 35.8 Å². The highest BCUT2D eigenvalue weighted by molar-refractivity contribution is 5.89. The van der Waals surface area contributed by atoms with Crippen LogP contribution >= 0.6 is 0 Å². The number of aliphatic hydroxyl groups is 1. The number of hydrogen-bond donors (Lipinski definition) is 5. The molecule has 0 heterocycles. The molecule has 11 heteroatoms. The summed E-state index contributed by atoms with van der Waals surface area (Å²) < 4.78 is 5.19. The molecule has 3 rings (SSSR count). The summed E-state index contributed by atoms with van der Waals surface area (Å²) in [6, 6.07) is 24.4. The molecule has 246 valence electrons. The van der Waals surface area contributed by atoms with Gasteiger partial charge in [0.15, 0.2) is 0 Å². The highest BCUT2D eigenvalue weighted by atomic mass is 16.5. The number of carboxylic acid groups (broad SMARTS) is 1. The molecule has 0 aliphatic heterocycles. The van der Waals surface area contributed by atoms with Gasteiger partial charge in [-0.15, -0.1) is 0 Å². The van der Waals surface area contributed by atoms with Gasteiger partial charge >= 0.3 is 18.1 Å². The fourth-order valence-corrected chi connectivity index (χ4v) is 4.79. The van der Waals surface area contributed by atoms with Gasteiger partial charge in [0.2, 0.25) is 5.91 Å². The van der Waals surface area contributed by atoms with Crippen LogP contribution in [0.15, 0.2) is 91.0 Å². The van der Waals surface area contributed by atoms with Gasteiger partial charge in [-0.25, -0.2) is 9.59 Å². The molecule has 0 aromatic heterocycles. The number of hydrogen-bond acceptors (Lipinski definition) is 6. The normalized spacial score (nSPS) is 13.8. The van der Waals surface area contributed by atoms with Crippen LogP contribution in [-0.4, -0.2) is 69.4 Å². The number of aliphatic carboxylic acids is 1. The molecule has 0 saturated carbocycles. The number of amides is 4. The Bertz CT molecular complexity index is 1420. The molecule has 0 aliphatic carbocycles. The second-order valence-electron chi connectivity index (χ2n) is 12.1. The van der Waals surface area contributed by atoms with E-state index in [1.54, 1.807) is 24.3 Å². The summed E-state index contributed by atoms with van der Waals surface area (Å²) in [5.41, 5.74) is 1.71. The number of nitrogens with one attached hydrogen (secondary N) is 3. The van der Waals surface area contributed by atoms with Gasteiger partial charge in [-0.2, -0.15) is 0 Å². The Hall–Kier alpha value is -4.90.